The van der Waals surface area contributed by atoms with Crippen molar-refractivity contribution in [2.75, 3.05) is 0 Å². The second kappa shape index (κ2) is 5.28. The van der Waals surface area contributed by atoms with E-state index in [4.69, 9.17) is 12.8 Å². The number of fused-ring (bicyclic) bond motifs is 5. The lowest BCUT2D eigenvalue weighted by molar-refractivity contribution is -0.152. The lowest BCUT2D eigenvalue weighted by atomic mass is 9.43. The third-order valence-electron chi connectivity index (χ3n) is 9.39. The Kier molecular flexibility index (Phi) is 3.69. The lowest BCUT2D eigenvalue weighted by Crippen LogP contribution is -2.57. The predicted octanol–water partition coefficient (Wildman–Crippen LogP) is 3.76. The van der Waals surface area contributed by atoms with Crippen molar-refractivity contribution < 1.29 is 10.2 Å². The summed E-state index contributed by atoms with van der Waals surface area (Å²) < 4.78 is 0. The minimum atomic E-state index is -0.920. The molecule has 4 aliphatic rings. The molecule has 8 unspecified atom stereocenters. The summed E-state index contributed by atoms with van der Waals surface area (Å²) in [4.78, 5) is 0. The van der Waals surface area contributed by atoms with Gasteiger partial charge in [-0.05, 0) is 86.9 Å². The maximum Gasteiger partial charge on any atom is 0.130 e. The van der Waals surface area contributed by atoms with E-state index in [0.29, 0.717) is 23.7 Å². The summed E-state index contributed by atoms with van der Waals surface area (Å²) in [5.74, 6) is 7.85. The van der Waals surface area contributed by atoms with E-state index in [9.17, 15) is 10.2 Å². The summed E-state index contributed by atoms with van der Waals surface area (Å²) in [7, 11) is 0. The smallest absolute Gasteiger partial charge is 0.130 e. The molecule has 0 spiro atoms. The topological polar surface area (TPSA) is 40.5 Å². The van der Waals surface area contributed by atoms with Crippen molar-refractivity contribution in [1.29, 1.82) is 0 Å². The van der Waals surface area contributed by atoms with Gasteiger partial charge in [-0.3, -0.25) is 0 Å². The maximum atomic E-state index is 11.1. The molecule has 0 saturated heterocycles. The Balaban J connectivity index is 1.63. The molecule has 136 valence electrons. The van der Waals surface area contributed by atoms with Crippen molar-refractivity contribution in [2.24, 2.45) is 34.5 Å². The van der Waals surface area contributed by atoms with Gasteiger partial charge >= 0.3 is 0 Å². The van der Waals surface area contributed by atoms with Gasteiger partial charge < -0.3 is 10.2 Å². The zero-order valence-corrected chi connectivity index (χ0v) is 15.7. The van der Waals surface area contributed by atoms with Crippen molar-refractivity contribution in [3.8, 4) is 24.7 Å². The number of rotatable bonds is 0. The number of aliphatic hydroxyl groups is 2. The van der Waals surface area contributed by atoms with Crippen LogP contribution in [0.15, 0.2) is 0 Å². The Morgan fingerprint density at radius 2 is 1.56 bits per heavy atom. The van der Waals surface area contributed by atoms with Crippen molar-refractivity contribution >= 4 is 0 Å². The first-order chi connectivity index (χ1) is 11.7. The van der Waals surface area contributed by atoms with Crippen LogP contribution in [0.25, 0.3) is 0 Å². The summed E-state index contributed by atoms with van der Waals surface area (Å²) in [6, 6.07) is 0. The summed E-state index contributed by atoms with van der Waals surface area (Å²) in [5.41, 5.74) is -1.65. The van der Waals surface area contributed by atoms with Gasteiger partial charge in [0.15, 0.2) is 0 Å². The van der Waals surface area contributed by atoms with E-state index >= 15 is 0 Å². The molecule has 0 bridgehead atoms. The van der Waals surface area contributed by atoms with E-state index in [1.807, 2.05) is 0 Å². The summed E-state index contributed by atoms with van der Waals surface area (Å²) in [6.07, 6.45) is 20.3. The summed E-state index contributed by atoms with van der Waals surface area (Å²) >= 11 is 0. The van der Waals surface area contributed by atoms with Crippen LogP contribution in [0.5, 0.6) is 0 Å². The number of hydrogen-bond donors (Lipinski definition) is 2. The fourth-order valence-corrected chi connectivity index (χ4v) is 7.63. The van der Waals surface area contributed by atoms with Gasteiger partial charge in [0.05, 0.1) is 0 Å². The fraction of sp³-hybridized carbons (Fsp3) is 0.826. The van der Waals surface area contributed by atoms with Gasteiger partial charge in [-0.15, -0.1) is 12.8 Å². The fourth-order valence-electron chi connectivity index (χ4n) is 7.63. The Morgan fingerprint density at radius 1 is 0.840 bits per heavy atom. The second-order valence-corrected chi connectivity index (χ2v) is 10.0. The Hall–Kier alpha value is -0.960. The van der Waals surface area contributed by atoms with Crippen LogP contribution in [0.2, 0.25) is 0 Å². The van der Waals surface area contributed by atoms with Gasteiger partial charge in [-0.2, -0.15) is 0 Å². The van der Waals surface area contributed by atoms with Gasteiger partial charge in [0.2, 0.25) is 0 Å². The molecule has 8 atom stereocenters. The minimum Gasteiger partial charge on any atom is -0.378 e. The molecule has 25 heavy (non-hydrogen) atoms. The van der Waals surface area contributed by atoms with Gasteiger partial charge in [-0.1, -0.05) is 25.7 Å². The molecule has 0 aromatic rings. The van der Waals surface area contributed by atoms with Crippen molar-refractivity contribution in [3.05, 3.63) is 0 Å². The molecule has 0 aromatic heterocycles. The molecule has 0 aromatic carbocycles. The summed E-state index contributed by atoms with van der Waals surface area (Å²) in [5, 5.41) is 21.7. The van der Waals surface area contributed by atoms with Crippen LogP contribution in [-0.4, -0.2) is 21.4 Å². The van der Waals surface area contributed by atoms with Crippen LogP contribution in [0.1, 0.15) is 71.6 Å². The highest BCUT2D eigenvalue weighted by Gasteiger charge is 2.64. The molecule has 4 aliphatic carbocycles. The van der Waals surface area contributed by atoms with Crippen LogP contribution >= 0.6 is 0 Å². The van der Waals surface area contributed by atoms with Crippen LogP contribution in [0.3, 0.4) is 0 Å². The highest BCUT2D eigenvalue weighted by atomic mass is 16.3. The first-order valence-corrected chi connectivity index (χ1v) is 10.1. The molecule has 4 rings (SSSR count). The highest BCUT2D eigenvalue weighted by molar-refractivity contribution is 5.24. The largest absolute Gasteiger partial charge is 0.378 e. The second-order valence-electron chi connectivity index (χ2n) is 10.0. The van der Waals surface area contributed by atoms with Crippen molar-refractivity contribution in [1.82, 2.24) is 0 Å². The average Bonchev–Trinajstić information content (AvgIpc) is 2.88. The molecule has 2 nitrogen and oxygen atoms in total. The Morgan fingerprint density at radius 3 is 2.24 bits per heavy atom. The molecule has 0 amide bonds. The third kappa shape index (κ3) is 2.14. The molecular weight excluding hydrogens is 308 g/mol. The first-order valence-electron chi connectivity index (χ1n) is 10.1. The average molecular weight is 341 g/mol. The van der Waals surface area contributed by atoms with Crippen LogP contribution in [0.4, 0.5) is 0 Å². The minimum absolute atomic E-state index is 0.125. The normalized spacial score (nSPS) is 57.5. The van der Waals surface area contributed by atoms with Gasteiger partial charge in [0, 0.05) is 5.41 Å². The molecule has 2 N–H and O–H groups in total. The van der Waals surface area contributed by atoms with Crippen molar-refractivity contribution in [2.45, 2.75) is 82.8 Å². The molecule has 0 radical (unpaired) electrons. The van der Waals surface area contributed by atoms with E-state index in [1.54, 1.807) is 0 Å². The first kappa shape index (κ1) is 17.5. The molecule has 4 saturated carbocycles. The van der Waals surface area contributed by atoms with Crippen LogP contribution < -0.4 is 0 Å². The summed E-state index contributed by atoms with van der Waals surface area (Å²) in [6.45, 7) is 4.70. The van der Waals surface area contributed by atoms with Crippen LogP contribution in [-0.2, 0) is 0 Å². The monoisotopic (exact) mass is 340 g/mol. The maximum absolute atomic E-state index is 11.1. The highest BCUT2D eigenvalue weighted by Crippen LogP contribution is 2.68. The van der Waals surface area contributed by atoms with Gasteiger partial charge in [-0.25, -0.2) is 0 Å². The van der Waals surface area contributed by atoms with E-state index in [0.717, 1.165) is 51.4 Å². The molecule has 0 heterocycles. The number of terminal acetylenes is 2. The Bertz CT molecular complexity index is 656. The zero-order chi connectivity index (χ0) is 18.1. The van der Waals surface area contributed by atoms with Gasteiger partial charge in [0.25, 0.3) is 0 Å². The molecule has 0 aliphatic heterocycles. The molecule has 2 heteroatoms. The van der Waals surface area contributed by atoms with E-state index in [1.165, 1.54) is 6.42 Å². The standard InChI is InChI=1S/C23H32O2/c1-5-22(24)14-13-20(3)16(15-22)7-8-17-18(20)9-11-21(4)19(17)10-12-23(21,25)6-2/h1-2,16-19,24-25H,7-15H2,3-4H3. The molecular formula is C23H32O2. The van der Waals surface area contributed by atoms with E-state index < -0.39 is 11.2 Å². The lowest BCUT2D eigenvalue weighted by Gasteiger charge is -2.62. The van der Waals surface area contributed by atoms with Gasteiger partial charge in [0.1, 0.15) is 11.2 Å². The zero-order valence-electron chi connectivity index (χ0n) is 15.7. The number of hydrogen-bond acceptors (Lipinski definition) is 2. The van der Waals surface area contributed by atoms with E-state index in [2.05, 4.69) is 25.7 Å². The molecule has 4 fully saturated rings. The van der Waals surface area contributed by atoms with Crippen LogP contribution in [0, 0.1) is 59.2 Å². The Labute approximate surface area is 152 Å². The quantitative estimate of drug-likeness (QED) is 0.659. The van der Waals surface area contributed by atoms with Crippen molar-refractivity contribution in [3.63, 3.8) is 0 Å². The SMILES string of the molecule is C#CC1(O)CCC2(C)C(CCC3C2CCC2(C)C3CCC2(O)C#C)C1. The third-order valence-corrected chi connectivity index (χ3v) is 9.39. The predicted molar refractivity (Wildman–Crippen MR) is 99.3 cm³/mol. The van der Waals surface area contributed by atoms with E-state index in [-0.39, 0.29) is 10.8 Å².